The lowest BCUT2D eigenvalue weighted by atomic mass is 10.0. The van der Waals surface area contributed by atoms with Crippen molar-refractivity contribution in [3.05, 3.63) is 144 Å². The summed E-state index contributed by atoms with van der Waals surface area (Å²) in [6, 6.07) is 24.9. The smallest absolute Gasteiger partial charge is 0.166 e. The molecule has 0 aliphatic heterocycles. The van der Waals surface area contributed by atoms with Crippen LogP contribution in [0.4, 0.5) is 8.78 Å². The Labute approximate surface area is 413 Å². The fourth-order valence-electron chi connectivity index (χ4n) is 7.91. The fraction of sp³-hybridized carbons (Fsp3) is 0.309. The molecule has 2 aromatic carbocycles. The first-order valence-corrected chi connectivity index (χ1v) is 25.5. The maximum atomic E-state index is 14.8. The third-order valence-corrected chi connectivity index (χ3v) is 14.3. The Morgan fingerprint density at radius 1 is 0.600 bits per heavy atom. The lowest BCUT2D eigenvalue weighted by Crippen LogP contribution is -2.17. The van der Waals surface area contributed by atoms with E-state index < -0.39 is 11.6 Å². The highest BCUT2D eigenvalue weighted by molar-refractivity contribution is 7.22. The van der Waals surface area contributed by atoms with Crippen molar-refractivity contribution in [1.82, 2.24) is 30.6 Å². The van der Waals surface area contributed by atoms with Crippen molar-refractivity contribution >= 4 is 54.7 Å². The molecule has 6 heterocycles. The molecule has 0 saturated heterocycles. The number of aliphatic hydroxyl groups excluding tert-OH is 1. The average Bonchev–Trinajstić information content (AvgIpc) is 4.27. The van der Waals surface area contributed by atoms with Gasteiger partial charge in [0.1, 0.15) is 23.1 Å². The van der Waals surface area contributed by atoms with Crippen LogP contribution in [0.25, 0.3) is 41.6 Å². The van der Waals surface area contributed by atoms with Crippen molar-refractivity contribution in [2.45, 2.75) is 77.8 Å². The molecule has 2 fully saturated rings. The number of thiophene rings is 2. The highest BCUT2D eigenvalue weighted by Gasteiger charge is 2.26. The molecule has 3 N–H and O–H groups in total. The first-order chi connectivity index (χ1) is 34.2. The second-order valence-corrected chi connectivity index (χ2v) is 20.0. The molecule has 15 heteroatoms. The van der Waals surface area contributed by atoms with Crippen LogP contribution >= 0.6 is 22.7 Å². The van der Waals surface area contributed by atoms with Crippen molar-refractivity contribution in [1.29, 1.82) is 0 Å². The summed E-state index contributed by atoms with van der Waals surface area (Å²) in [6.07, 6.45) is 14.3. The molecular formula is C55H54F2N6O5S2. The average molecular weight is 981 g/mol. The number of aliphatic hydroxyl groups is 1. The minimum Gasteiger partial charge on any atom is -0.453 e. The topological polar surface area (TPSA) is 148 Å². The highest BCUT2D eigenvalue weighted by Crippen LogP contribution is 2.41. The number of rotatable bonds is 22. The zero-order valence-corrected chi connectivity index (χ0v) is 40.5. The molecule has 0 spiro atoms. The van der Waals surface area contributed by atoms with Crippen LogP contribution in [0.5, 0.6) is 23.0 Å². The van der Waals surface area contributed by atoms with Gasteiger partial charge in [-0.1, -0.05) is 31.2 Å². The number of nitrogens with one attached hydrogen (secondary N) is 2. The van der Waals surface area contributed by atoms with E-state index in [0.717, 1.165) is 97.9 Å². The summed E-state index contributed by atoms with van der Waals surface area (Å²) in [6.45, 7) is 5.19. The van der Waals surface area contributed by atoms with Gasteiger partial charge in [-0.15, -0.1) is 22.7 Å². The van der Waals surface area contributed by atoms with Crippen molar-refractivity contribution in [3.63, 3.8) is 0 Å². The number of ketones is 2. The summed E-state index contributed by atoms with van der Waals surface area (Å²) in [4.78, 5) is 44.2. The zero-order valence-electron chi connectivity index (χ0n) is 38.9. The van der Waals surface area contributed by atoms with Crippen molar-refractivity contribution < 1.29 is 33.0 Å². The van der Waals surface area contributed by atoms with E-state index in [9.17, 15) is 18.4 Å². The number of halogens is 2. The number of carbonyl (C=O) groups is 2. The number of carbonyl (C=O) groups excluding carboxylic acids is 2. The van der Waals surface area contributed by atoms with Gasteiger partial charge in [-0.3, -0.25) is 29.5 Å². The molecule has 0 unspecified atom stereocenters. The number of hydrogen-bond acceptors (Lipinski definition) is 13. The van der Waals surface area contributed by atoms with Crippen molar-refractivity contribution in [3.8, 4) is 44.1 Å². The van der Waals surface area contributed by atoms with Gasteiger partial charge in [-0.05, 0) is 121 Å². The van der Waals surface area contributed by atoms with E-state index >= 15 is 0 Å². The summed E-state index contributed by atoms with van der Waals surface area (Å²) < 4.78 is 43.2. The second-order valence-electron chi connectivity index (χ2n) is 17.9. The number of pyridine rings is 4. The third kappa shape index (κ3) is 13.1. The SMILES string of the molecule is CCCNCc1ccc(-c2cc3nccc(Oc4ccc(CC(=O)CC5CC5)cc4F)c3s2)nc1.O=C(Cc1ccc(Oc2ccnc3cc(-c4ccc(CNCCO)cn4)sc23)c(F)c1)CC1CC1. The molecule has 11 nitrogen and oxygen atoms in total. The molecule has 0 atom stereocenters. The number of nitrogens with zero attached hydrogens (tertiary/aromatic N) is 4. The number of Topliss-reactive ketones (excluding diaryl/α,β-unsaturated/α-hetero) is 2. The Morgan fingerprint density at radius 2 is 1.06 bits per heavy atom. The monoisotopic (exact) mass is 980 g/mol. The lowest BCUT2D eigenvalue weighted by molar-refractivity contribution is -0.119. The van der Waals surface area contributed by atoms with Crippen molar-refractivity contribution in [2.24, 2.45) is 11.8 Å². The summed E-state index contributed by atoms with van der Waals surface area (Å²) in [5.74, 6) is 1.74. The first kappa shape index (κ1) is 48.7. The maximum absolute atomic E-state index is 14.8. The molecule has 0 bridgehead atoms. The molecule has 70 heavy (non-hydrogen) atoms. The van der Waals surface area contributed by atoms with Gasteiger partial charge < -0.3 is 25.2 Å². The lowest BCUT2D eigenvalue weighted by Gasteiger charge is -2.09. The molecule has 2 aliphatic rings. The Balaban J connectivity index is 0.000000174. The Kier molecular flexibility index (Phi) is 16.0. The molecule has 10 rings (SSSR count). The molecule has 8 aromatic rings. The van der Waals surface area contributed by atoms with Crippen LogP contribution in [0.3, 0.4) is 0 Å². The minimum atomic E-state index is -0.490. The predicted octanol–water partition coefficient (Wildman–Crippen LogP) is 12.0. The van der Waals surface area contributed by atoms with E-state index in [-0.39, 0.29) is 42.5 Å². The van der Waals surface area contributed by atoms with E-state index in [1.807, 2.05) is 36.5 Å². The molecular weight excluding hydrogens is 927 g/mol. The van der Waals surface area contributed by atoms with E-state index in [0.29, 0.717) is 60.4 Å². The standard InChI is InChI=1S/C28H28FN3O2S.C27H26FN3O3S/c1-2-10-30-16-20-5-7-23(32-17-20)27-15-24-28(35-27)26(9-11-31-24)34-25-8-6-19(14-22(25)29)13-21(33)12-18-3-4-18;28-21-13-18(12-20(33)11-17-1-2-17)4-6-24(21)34-25-7-8-30-23-14-26(35-27(23)25)22-5-3-19(16-31-22)15-29-9-10-32/h5-9,11,14-15,17-18,30H,2-4,10,12-13,16H2,1H3;3-8,13-14,16-17,29,32H,1-2,9-12,15H2. The number of ether oxygens (including phenoxy) is 2. The van der Waals surface area contributed by atoms with E-state index in [2.05, 4.69) is 43.6 Å². The minimum absolute atomic E-state index is 0.0960. The Bertz CT molecular complexity index is 2870. The summed E-state index contributed by atoms with van der Waals surface area (Å²) >= 11 is 3.01. The molecule has 2 saturated carbocycles. The molecule has 360 valence electrons. The molecule has 0 amide bonds. The summed E-state index contributed by atoms with van der Waals surface area (Å²) in [5.41, 5.74) is 6.72. The Morgan fingerprint density at radius 3 is 1.46 bits per heavy atom. The highest BCUT2D eigenvalue weighted by atomic mass is 32.1. The van der Waals surface area contributed by atoms with Gasteiger partial charge in [0.05, 0.1) is 48.2 Å². The van der Waals surface area contributed by atoms with Gasteiger partial charge in [0.25, 0.3) is 0 Å². The summed E-state index contributed by atoms with van der Waals surface area (Å²) in [5, 5.41) is 15.4. The van der Waals surface area contributed by atoms with Gasteiger partial charge >= 0.3 is 0 Å². The van der Waals surface area contributed by atoms with Crippen LogP contribution < -0.4 is 20.1 Å². The van der Waals surface area contributed by atoms with E-state index in [1.54, 1.807) is 55.0 Å². The quantitative estimate of drug-likeness (QED) is 0.0557. The van der Waals surface area contributed by atoms with Gasteiger partial charge in [0.2, 0.25) is 0 Å². The van der Waals surface area contributed by atoms with Gasteiger partial charge in [0, 0.05) is 82.2 Å². The van der Waals surface area contributed by atoms with Gasteiger partial charge in [-0.25, -0.2) is 8.78 Å². The van der Waals surface area contributed by atoms with E-state index in [4.69, 9.17) is 14.6 Å². The van der Waals surface area contributed by atoms with Crippen molar-refractivity contribution in [2.75, 3.05) is 19.7 Å². The van der Waals surface area contributed by atoms with Crippen LogP contribution in [-0.2, 0) is 35.5 Å². The third-order valence-electron chi connectivity index (χ3n) is 11.9. The Hall–Kier alpha value is -6.36. The number of hydrogen-bond donors (Lipinski definition) is 3. The fourth-order valence-corrected chi connectivity index (χ4v) is 10.00. The van der Waals surface area contributed by atoms with Gasteiger partial charge in [0.15, 0.2) is 23.1 Å². The van der Waals surface area contributed by atoms with Crippen LogP contribution in [0, 0.1) is 23.5 Å². The van der Waals surface area contributed by atoms with Crippen LogP contribution in [0.15, 0.2) is 110 Å². The van der Waals surface area contributed by atoms with Crippen LogP contribution in [-0.4, -0.2) is 56.3 Å². The summed E-state index contributed by atoms with van der Waals surface area (Å²) in [7, 11) is 0. The maximum Gasteiger partial charge on any atom is 0.166 e. The number of benzene rings is 2. The normalized spacial score (nSPS) is 13.3. The molecule has 2 aliphatic carbocycles. The number of aromatic nitrogens is 4. The second kappa shape index (κ2) is 23.0. The first-order valence-electron chi connectivity index (χ1n) is 23.8. The molecule has 0 radical (unpaired) electrons. The van der Waals surface area contributed by atoms with Crippen LogP contribution in [0.2, 0.25) is 0 Å². The van der Waals surface area contributed by atoms with Gasteiger partial charge in [-0.2, -0.15) is 0 Å². The predicted molar refractivity (Wildman–Crippen MR) is 272 cm³/mol. The zero-order chi connectivity index (χ0) is 48.4. The van der Waals surface area contributed by atoms with E-state index in [1.165, 1.54) is 34.8 Å². The van der Waals surface area contributed by atoms with Crippen LogP contribution in [0.1, 0.15) is 74.1 Å². The molecule has 6 aromatic heterocycles. The largest absolute Gasteiger partial charge is 0.453 e. The number of fused-ring (bicyclic) bond motifs is 2.